The summed E-state index contributed by atoms with van der Waals surface area (Å²) in [6.07, 6.45) is 0. The number of carboxylic acid groups (broad SMARTS) is 1. The largest absolute Gasteiger partial charge is 0.477 e. The van der Waals surface area contributed by atoms with Gasteiger partial charge in [-0.2, -0.15) is 0 Å². The Morgan fingerprint density at radius 2 is 0.897 bits per heavy atom. The van der Waals surface area contributed by atoms with Crippen molar-refractivity contribution in [1.29, 1.82) is 0 Å². The van der Waals surface area contributed by atoms with E-state index in [0.717, 1.165) is 21.0 Å². The molecular weight excluding hydrogens is 420 g/mol. The minimum atomic E-state index is -2.06. The molecule has 4 nitrogen and oxygen atoms in total. The van der Waals surface area contributed by atoms with Crippen molar-refractivity contribution in [3.8, 4) is 0 Å². The molecule has 2 aromatic rings. The molecule has 0 aromatic heterocycles. The summed E-state index contributed by atoms with van der Waals surface area (Å²) in [5, 5.41) is 8.27. The van der Waals surface area contributed by atoms with Crippen molar-refractivity contribution in [2.75, 3.05) is 7.11 Å². The zero-order chi connectivity index (χ0) is 22.8. The van der Waals surface area contributed by atoms with E-state index in [1.807, 2.05) is 0 Å². The summed E-state index contributed by atoms with van der Waals surface area (Å²) in [5.41, 5.74) is -4.69. The number of carbonyl (C=O) groups is 2. The van der Waals surface area contributed by atoms with Gasteiger partial charge in [0.15, 0.2) is 46.5 Å². The molecule has 0 atom stereocenters. The lowest BCUT2D eigenvalue weighted by molar-refractivity contribution is 0.0585. The van der Waals surface area contributed by atoms with Crippen LogP contribution in [0.25, 0.3) is 0 Å². The molecule has 12 heteroatoms. The summed E-state index contributed by atoms with van der Waals surface area (Å²) < 4.78 is 107. The summed E-state index contributed by atoms with van der Waals surface area (Å²) in [4.78, 5) is 21.1. The molecule has 0 saturated carbocycles. The van der Waals surface area contributed by atoms with Crippen LogP contribution in [-0.4, -0.2) is 24.2 Å². The molecule has 2 aromatic carbocycles. The van der Waals surface area contributed by atoms with E-state index in [1.54, 1.807) is 0 Å². The van der Waals surface area contributed by atoms with E-state index in [-0.39, 0.29) is 0 Å². The second-order valence-corrected chi connectivity index (χ2v) is 5.31. The predicted octanol–water partition coefficient (Wildman–Crippen LogP) is 4.59. The third-order valence-electron chi connectivity index (χ3n) is 3.57. The number of esters is 1. The molecule has 1 N–H and O–H groups in total. The predicted molar refractivity (Wildman–Crippen MR) is 80.3 cm³/mol. The highest BCUT2D eigenvalue weighted by Gasteiger charge is 2.28. The Morgan fingerprint density at radius 3 is 1.14 bits per heavy atom. The summed E-state index contributed by atoms with van der Waals surface area (Å²) in [6, 6.07) is 0. The van der Waals surface area contributed by atoms with Crippen molar-refractivity contribution in [2.24, 2.45) is 0 Å². The van der Waals surface area contributed by atoms with Crippen LogP contribution in [-0.2, 0) is 4.74 Å². The summed E-state index contributed by atoms with van der Waals surface area (Å²) in [6.45, 7) is 1.67. The highest BCUT2D eigenvalue weighted by molar-refractivity contribution is 5.90. The van der Waals surface area contributed by atoms with Gasteiger partial charge in [0.25, 0.3) is 0 Å². The Hall–Kier alpha value is -3.18. The van der Waals surface area contributed by atoms with E-state index >= 15 is 0 Å². The van der Waals surface area contributed by atoms with Gasteiger partial charge in [-0.05, 0) is 13.8 Å². The smallest absolute Gasteiger partial charge is 0.344 e. The third kappa shape index (κ3) is 4.30. The first-order chi connectivity index (χ1) is 13.3. The topological polar surface area (TPSA) is 63.6 Å². The van der Waals surface area contributed by atoms with Crippen LogP contribution in [0.1, 0.15) is 31.8 Å². The number of hydrogen-bond donors (Lipinski definition) is 1. The van der Waals surface area contributed by atoms with Crippen molar-refractivity contribution in [2.45, 2.75) is 13.8 Å². The van der Waals surface area contributed by atoms with E-state index in [9.17, 15) is 44.7 Å². The zero-order valence-electron chi connectivity index (χ0n) is 14.7. The summed E-state index contributed by atoms with van der Waals surface area (Å²) in [7, 11) is 0.844. The molecule has 158 valence electrons. The molecule has 0 bridgehead atoms. The molecule has 0 amide bonds. The van der Waals surface area contributed by atoms with Gasteiger partial charge < -0.3 is 9.84 Å². The van der Waals surface area contributed by atoms with Crippen LogP contribution in [0.4, 0.5) is 35.1 Å². The van der Waals surface area contributed by atoms with Crippen LogP contribution in [0, 0.1) is 60.4 Å². The molecule has 0 aliphatic rings. The fourth-order valence-electron chi connectivity index (χ4n) is 1.95. The Labute approximate surface area is 157 Å². The molecule has 0 heterocycles. The lowest BCUT2D eigenvalue weighted by Gasteiger charge is -2.07. The van der Waals surface area contributed by atoms with Crippen molar-refractivity contribution in [1.82, 2.24) is 0 Å². The third-order valence-corrected chi connectivity index (χ3v) is 3.57. The van der Waals surface area contributed by atoms with Gasteiger partial charge in [-0.25, -0.2) is 44.7 Å². The van der Waals surface area contributed by atoms with Crippen LogP contribution in [0.15, 0.2) is 0 Å². The normalized spacial score (nSPS) is 10.3. The molecule has 0 saturated heterocycles. The molecule has 29 heavy (non-hydrogen) atoms. The zero-order valence-corrected chi connectivity index (χ0v) is 14.7. The Morgan fingerprint density at radius 1 is 0.621 bits per heavy atom. The molecule has 0 aliphatic carbocycles. The number of carboxylic acids is 1. The van der Waals surface area contributed by atoms with Crippen molar-refractivity contribution in [3.05, 3.63) is 68.8 Å². The molecule has 2 rings (SSSR count). The molecule has 0 aliphatic heterocycles. The first kappa shape index (κ1) is 23.9. The van der Waals surface area contributed by atoms with E-state index in [4.69, 9.17) is 5.11 Å². The maximum atomic E-state index is 13.1. The number of hydrogen-bond acceptors (Lipinski definition) is 3. The van der Waals surface area contributed by atoms with Gasteiger partial charge >= 0.3 is 11.9 Å². The minimum Gasteiger partial charge on any atom is -0.477 e. The number of ether oxygens (including phenoxy) is 1. The SMILES string of the molecule is COC(=O)c1c(F)c(F)c(C)c(F)c1F.Cc1c(F)c(F)c(C(=O)O)c(F)c1F. The minimum absolute atomic E-state index is 0.808. The van der Waals surface area contributed by atoms with Gasteiger partial charge in [-0.15, -0.1) is 0 Å². The van der Waals surface area contributed by atoms with Gasteiger partial charge in [0.2, 0.25) is 0 Å². The lowest BCUT2D eigenvalue weighted by Crippen LogP contribution is -2.13. The first-order valence-corrected chi connectivity index (χ1v) is 7.26. The van der Waals surface area contributed by atoms with Crippen LogP contribution in [0.5, 0.6) is 0 Å². The van der Waals surface area contributed by atoms with Crippen LogP contribution in [0.3, 0.4) is 0 Å². The maximum absolute atomic E-state index is 13.1. The van der Waals surface area contributed by atoms with Crippen LogP contribution < -0.4 is 0 Å². The van der Waals surface area contributed by atoms with Gasteiger partial charge in [-0.1, -0.05) is 0 Å². The lowest BCUT2D eigenvalue weighted by atomic mass is 10.1. The van der Waals surface area contributed by atoms with Crippen LogP contribution >= 0.6 is 0 Å². The quantitative estimate of drug-likeness (QED) is 0.430. The number of carbonyl (C=O) groups excluding carboxylic acids is 1. The Kier molecular flexibility index (Phi) is 7.31. The van der Waals surface area contributed by atoms with Crippen molar-refractivity contribution < 1.29 is 54.6 Å². The summed E-state index contributed by atoms with van der Waals surface area (Å²) >= 11 is 0. The second-order valence-electron chi connectivity index (χ2n) is 5.31. The number of methoxy groups -OCH3 is 1. The van der Waals surface area contributed by atoms with Gasteiger partial charge in [0.1, 0.15) is 11.1 Å². The van der Waals surface area contributed by atoms with Gasteiger partial charge in [0.05, 0.1) is 7.11 Å². The first-order valence-electron chi connectivity index (χ1n) is 7.26. The number of halogens is 8. The summed E-state index contributed by atoms with van der Waals surface area (Å²) in [5.74, 6) is -17.4. The van der Waals surface area contributed by atoms with Gasteiger partial charge in [-0.3, -0.25) is 0 Å². The fraction of sp³-hybridized carbons (Fsp3) is 0.176. The average molecular weight is 430 g/mol. The number of aromatic carboxylic acids is 1. The highest BCUT2D eigenvalue weighted by Crippen LogP contribution is 2.24. The van der Waals surface area contributed by atoms with E-state index in [0.29, 0.717) is 0 Å². The highest BCUT2D eigenvalue weighted by atomic mass is 19.2. The van der Waals surface area contributed by atoms with Crippen molar-refractivity contribution >= 4 is 11.9 Å². The fourth-order valence-corrected chi connectivity index (χ4v) is 1.95. The average Bonchev–Trinajstić information content (AvgIpc) is 2.68. The molecule has 0 spiro atoms. The number of benzene rings is 2. The Bertz CT molecular complexity index is 946. The van der Waals surface area contributed by atoms with E-state index < -0.39 is 80.7 Å². The molecule has 0 radical (unpaired) electrons. The van der Waals surface area contributed by atoms with E-state index in [2.05, 4.69) is 4.74 Å². The standard InChI is InChI=1S/C9H6F4O2.C8H4F4O2/c1-3-5(10)7(12)4(9(14)15-2)8(13)6(3)11;1-2-4(9)6(11)3(8(13)14)7(12)5(2)10/h1-2H3;1H3,(H,13,14). The van der Waals surface area contributed by atoms with Crippen LogP contribution in [0.2, 0.25) is 0 Å². The molecule has 0 unspecified atom stereocenters. The molecule has 0 fully saturated rings. The van der Waals surface area contributed by atoms with Gasteiger partial charge in [0, 0.05) is 11.1 Å². The molecular formula is C17H10F8O4. The number of rotatable bonds is 2. The van der Waals surface area contributed by atoms with Crippen molar-refractivity contribution in [3.63, 3.8) is 0 Å². The Balaban J connectivity index is 0.000000291. The monoisotopic (exact) mass is 430 g/mol. The maximum Gasteiger partial charge on any atom is 0.344 e. The second kappa shape index (κ2) is 8.88. The van der Waals surface area contributed by atoms with E-state index in [1.165, 1.54) is 0 Å².